The van der Waals surface area contributed by atoms with Crippen molar-refractivity contribution in [3.63, 3.8) is 0 Å². The fourth-order valence-corrected chi connectivity index (χ4v) is 3.74. The average molecular weight is 400 g/mol. The van der Waals surface area contributed by atoms with Crippen LogP contribution in [-0.2, 0) is 6.54 Å². The summed E-state index contributed by atoms with van der Waals surface area (Å²) in [6.07, 6.45) is 1.50. The topological polar surface area (TPSA) is 55.6 Å². The number of fused-ring (bicyclic) bond motifs is 1. The second-order valence-electron chi connectivity index (χ2n) is 5.93. The lowest BCUT2D eigenvalue weighted by atomic mass is 10.2. The van der Waals surface area contributed by atoms with Gasteiger partial charge in [-0.15, -0.1) is 0 Å². The van der Waals surface area contributed by atoms with Crippen molar-refractivity contribution < 1.29 is 22.7 Å². The van der Waals surface area contributed by atoms with E-state index < -0.39 is 11.6 Å². The van der Waals surface area contributed by atoms with Gasteiger partial charge in [0.1, 0.15) is 22.8 Å². The molecule has 0 saturated carbocycles. The zero-order valence-corrected chi connectivity index (χ0v) is 15.5. The standard InChI is InChI=1S/C20H14F2N2O3S/c1-26-14-6-4-12(5-7-14)19(25)24(11-15-3-2-8-27-15)20-23-18-16(22)9-13(21)10-17(18)28-20/h2-10H,11H2,1H3. The Morgan fingerprint density at radius 2 is 2.00 bits per heavy atom. The molecule has 4 rings (SSSR count). The summed E-state index contributed by atoms with van der Waals surface area (Å²) in [6, 6.07) is 12.0. The largest absolute Gasteiger partial charge is 0.497 e. The van der Waals surface area contributed by atoms with Crippen LogP contribution in [0.2, 0.25) is 0 Å². The van der Waals surface area contributed by atoms with Crippen molar-refractivity contribution in [2.45, 2.75) is 6.54 Å². The van der Waals surface area contributed by atoms with Gasteiger partial charge in [0.2, 0.25) is 0 Å². The molecule has 2 aromatic carbocycles. The Bertz CT molecular complexity index is 1120. The van der Waals surface area contributed by atoms with Gasteiger partial charge in [-0.25, -0.2) is 13.8 Å². The van der Waals surface area contributed by atoms with Crippen molar-refractivity contribution >= 4 is 32.6 Å². The first kappa shape index (κ1) is 18.1. The zero-order chi connectivity index (χ0) is 19.7. The molecular formula is C20H14F2N2O3S. The molecule has 0 atom stereocenters. The van der Waals surface area contributed by atoms with Gasteiger partial charge in [-0.2, -0.15) is 0 Å². The number of amides is 1. The molecule has 0 fully saturated rings. The number of carbonyl (C=O) groups excluding carboxylic acids is 1. The first-order valence-corrected chi connectivity index (χ1v) is 9.10. The smallest absolute Gasteiger partial charge is 0.260 e. The number of halogens is 2. The molecule has 0 saturated heterocycles. The van der Waals surface area contributed by atoms with Crippen LogP contribution >= 0.6 is 11.3 Å². The molecule has 1 amide bonds. The molecule has 0 radical (unpaired) electrons. The quantitative estimate of drug-likeness (QED) is 0.472. The maximum atomic E-state index is 14.1. The van der Waals surface area contributed by atoms with Crippen LogP contribution in [-0.4, -0.2) is 18.0 Å². The zero-order valence-electron chi connectivity index (χ0n) is 14.7. The number of ether oxygens (including phenoxy) is 1. The van der Waals surface area contributed by atoms with Gasteiger partial charge in [-0.05, 0) is 42.5 Å². The number of aromatic nitrogens is 1. The number of anilines is 1. The highest BCUT2D eigenvalue weighted by molar-refractivity contribution is 7.22. The number of carbonyl (C=O) groups is 1. The SMILES string of the molecule is COc1ccc(C(=O)N(Cc2ccco2)c2nc3c(F)cc(F)cc3s2)cc1. The normalized spacial score (nSPS) is 11.0. The summed E-state index contributed by atoms with van der Waals surface area (Å²) < 4.78 is 38.4. The number of methoxy groups -OCH3 is 1. The van der Waals surface area contributed by atoms with Crippen LogP contribution in [0, 0.1) is 11.6 Å². The fourth-order valence-electron chi connectivity index (χ4n) is 2.74. The van der Waals surface area contributed by atoms with E-state index in [1.807, 2.05) is 0 Å². The van der Waals surface area contributed by atoms with E-state index in [1.54, 1.807) is 36.4 Å². The summed E-state index contributed by atoms with van der Waals surface area (Å²) in [7, 11) is 1.54. The third kappa shape index (κ3) is 3.46. The van der Waals surface area contributed by atoms with Crippen LogP contribution in [0.1, 0.15) is 16.1 Å². The van der Waals surface area contributed by atoms with Gasteiger partial charge < -0.3 is 9.15 Å². The summed E-state index contributed by atoms with van der Waals surface area (Å²) in [5.74, 6) is -0.662. The Morgan fingerprint density at radius 3 is 2.68 bits per heavy atom. The molecule has 0 bridgehead atoms. The van der Waals surface area contributed by atoms with Crippen LogP contribution < -0.4 is 9.64 Å². The van der Waals surface area contributed by atoms with Gasteiger partial charge in [0.25, 0.3) is 5.91 Å². The van der Waals surface area contributed by atoms with Crippen molar-refractivity contribution in [2.24, 2.45) is 0 Å². The molecule has 0 spiro atoms. The van der Waals surface area contributed by atoms with Gasteiger partial charge in [0, 0.05) is 11.6 Å². The van der Waals surface area contributed by atoms with E-state index in [1.165, 1.54) is 24.3 Å². The van der Waals surface area contributed by atoms with Crippen LogP contribution in [0.4, 0.5) is 13.9 Å². The van der Waals surface area contributed by atoms with E-state index >= 15 is 0 Å². The third-order valence-electron chi connectivity index (χ3n) is 4.11. The summed E-state index contributed by atoms with van der Waals surface area (Å²) in [6.45, 7) is 0.0990. The Morgan fingerprint density at radius 1 is 1.21 bits per heavy atom. The van der Waals surface area contributed by atoms with E-state index in [4.69, 9.17) is 9.15 Å². The number of nitrogens with zero attached hydrogens (tertiary/aromatic N) is 2. The summed E-state index contributed by atoms with van der Waals surface area (Å²) in [4.78, 5) is 18.7. The lowest BCUT2D eigenvalue weighted by Crippen LogP contribution is -2.30. The second kappa shape index (κ2) is 7.40. The summed E-state index contributed by atoms with van der Waals surface area (Å²) in [5.41, 5.74) is 0.423. The molecule has 28 heavy (non-hydrogen) atoms. The molecule has 8 heteroatoms. The molecule has 0 unspecified atom stereocenters. The van der Waals surface area contributed by atoms with Gasteiger partial charge in [0.15, 0.2) is 10.9 Å². The van der Waals surface area contributed by atoms with E-state index in [0.29, 0.717) is 21.8 Å². The molecule has 0 N–H and O–H groups in total. The minimum absolute atomic E-state index is 0.0216. The average Bonchev–Trinajstić information content (AvgIpc) is 3.35. The van der Waals surface area contributed by atoms with Gasteiger partial charge >= 0.3 is 0 Å². The van der Waals surface area contributed by atoms with Crippen molar-refractivity contribution in [1.82, 2.24) is 4.98 Å². The summed E-state index contributed by atoms with van der Waals surface area (Å²) >= 11 is 1.03. The Labute approximate surface area is 162 Å². The molecule has 142 valence electrons. The number of benzene rings is 2. The van der Waals surface area contributed by atoms with Gasteiger partial charge in [0.05, 0.1) is 24.6 Å². The first-order chi connectivity index (χ1) is 13.5. The first-order valence-electron chi connectivity index (χ1n) is 8.29. The van der Waals surface area contributed by atoms with Gasteiger partial charge in [-0.3, -0.25) is 9.69 Å². The maximum Gasteiger partial charge on any atom is 0.260 e. The van der Waals surface area contributed by atoms with Crippen molar-refractivity contribution in [3.8, 4) is 5.75 Å². The summed E-state index contributed by atoms with van der Waals surface area (Å²) in [5, 5.41) is 0.247. The Hall–Kier alpha value is -3.26. The van der Waals surface area contributed by atoms with E-state index in [2.05, 4.69) is 4.98 Å². The van der Waals surface area contributed by atoms with Crippen LogP contribution in [0.3, 0.4) is 0 Å². The molecule has 0 aliphatic carbocycles. The van der Waals surface area contributed by atoms with E-state index in [0.717, 1.165) is 17.4 Å². The lowest BCUT2D eigenvalue weighted by Gasteiger charge is -2.19. The lowest BCUT2D eigenvalue weighted by molar-refractivity contribution is 0.0983. The highest BCUT2D eigenvalue weighted by atomic mass is 32.1. The van der Waals surface area contributed by atoms with E-state index in [9.17, 15) is 13.6 Å². The molecule has 4 aromatic rings. The Balaban J connectivity index is 1.76. The number of thiazole rings is 1. The van der Waals surface area contributed by atoms with Crippen LogP contribution in [0.15, 0.2) is 59.2 Å². The highest BCUT2D eigenvalue weighted by Crippen LogP contribution is 2.33. The number of furan rings is 1. The number of rotatable bonds is 5. The van der Waals surface area contributed by atoms with Crippen LogP contribution in [0.25, 0.3) is 10.2 Å². The van der Waals surface area contributed by atoms with Crippen molar-refractivity contribution in [2.75, 3.05) is 12.0 Å². The molecule has 5 nitrogen and oxygen atoms in total. The number of hydrogen-bond acceptors (Lipinski definition) is 5. The minimum Gasteiger partial charge on any atom is -0.497 e. The fraction of sp³-hybridized carbons (Fsp3) is 0.100. The molecule has 2 heterocycles. The maximum absolute atomic E-state index is 14.1. The molecule has 0 aliphatic rings. The monoisotopic (exact) mass is 400 g/mol. The molecular weight excluding hydrogens is 386 g/mol. The highest BCUT2D eigenvalue weighted by Gasteiger charge is 2.24. The minimum atomic E-state index is -0.771. The predicted octanol–water partition coefficient (Wildman–Crippen LogP) is 5.02. The van der Waals surface area contributed by atoms with Gasteiger partial charge in [-0.1, -0.05) is 11.3 Å². The Kier molecular flexibility index (Phi) is 4.79. The van der Waals surface area contributed by atoms with Crippen molar-refractivity contribution in [1.29, 1.82) is 0 Å². The molecule has 0 aliphatic heterocycles. The van der Waals surface area contributed by atoms with E-state index in [-0.39, 0.29) is 23.1 Å². The van der Waals surface area contributed by atoms with Crippen LogP contribution in [0.5, 0.6) is 5.75 Å². The van der Waals surface area contributed by atoms with Crippen molar-refractivity contribution in [3.05, 3.63) is 77.8 Å². The molecule has 2 aromatic heterocycles. The number of hydrogen-bond donors (Lipinski definition) is 0. The third-order valence-corrected chi connectivity index (χ3v) is 5.13. The second-order valence-corrected chi connectivity index (χ2v) is 6.94. The predicted molar refractivity (Wildman–Crippen MR) is 102 cm³/mol.